The van der Waals surface area contributed by atoms with E-state index in [9.17, 15) is 4.79 Å². The van der Waals surface area contributed by atoms with Crippen LogP contribution in [0, 0.1) is 0 Å². The molecule has 0 atom stereocenters. The molecular weight excluding hydrogens is 280 g/mol. The number of nitrogens with one attached hydrogen (secondary N) is 1. The molecule has 1 N–H and O–H groups in total. The van der Waals surface area contributed by atoms with Gasteiger partial charge in [0.15, 0.2) is 0 Å². The summed E-state index contributed by atoms with van der Waals surface area (Å²) in [5, 5.41) is 3.26. The topological polar surface area (TPSA) is 42.0 Å². The second-order valence-corrected chi connectivity index (χ2v) is 5.26. The van der Waals surface area contributed by atoms with Crippen LogP contribution < -0.4 is 5.32 Å². The number of carbonyl (C=O) groups is 1. The Hall–Kier alpha value is -1.91. The fourth-order valence-electron chi connectivity index (χ4n) is 1.78. The smallest absolute Gasteiger partial charge is 0.257 e. The van der Waals surface area contributed by atoms with Gasteiger partial charge in [-0.05, 0) is 30.3 Å². The minimum atomic E-state index is -0.222. The summed E-state index contributed by atoms with van der Waals surface area (Å²) >= 11 is 7.56. The molecular formula is C14H9ClN2OS. The minimum Gasteiger partial charge on any atom is -0.322 e. The molecule has 19 heavy (non-hydrogen) atoms. The predicted molar refractivity (Wildman–Crippen MR) is 79.0 cm³/mol. The van der Waals surface area contributed by atoms with Gasteiger partial charge in [0, 0.05) is 5.69 Å². The van der Waals surface area contributed by atoms with E-state index >= 15 is 0 Å². The number of benzene rings is 2. The van der Waals surface area contributed by atoms with Crippen molar-refractivity contribution in [1.82, 2.24) is 4.98 Å². The number of anilines is 1. The maximum Gasteiger partial charge on any atom is 0.257 e. The van der Waals surface area contributed by atoms with Crippen LogP contribution in [0.2, 0.25) is 5.02 Å². The molecule has 0 unspecified atom stereocenters. The Kier molecular flexibility index (Phi) is 3.19. The average Bonchev–Trinajstić information content (AvgIpc) is 2.86. The van der Waals surface area contributed by atoms with E-state index < -0.39 is 0 Å². The summed E-state index contributed by atoms with van der Waals surface area (Å²) in [6, 6.07) is 12.6. The van der Waals surface area contributed by atoms with Gasteiger partial charge in [-0.1, -0.05) is 23.7 Å². The van der Waals surface area contributed by atoms with Crippen molar-refractivity contribution in [2.45, 2.75) is 0 Å². The third kappa shape index (κ3) is 2.45. The normalized spacial score (nSPS) is 10.6. The van der Waals surface area contributed by atoms with E-state index in [0.29, 0.717) is 16.3 Å². The molecule has 5 heteroatoms. The van der Waals surface area contributed by atoms with E-state index in [-0.39, 0.29) is 5.91 Å². The molecule has 3 nitrogen and oxygen atoms in total. The van der Waals surface area contributed by atoms with Gasteiger partial charge in [0.05, 0.1) is 26.3 Å². The number of rotatable bonds is 2. The standard InChI is InChI=1S/C14H9ClN2OS/c15-11-4-2-1-3-10(11)14(18)17-9-5-6-13-12(7-9)16-8-19-13/h1-8H,(H,17,18). The molecule has 3 aromatic rings. The van der Waals surface area contributed by atoms with Gasteiger partial charge in [-0.3, -0.25) is 4.79 Å². The number of aromatic nitrogens is 1. The number of amides is 1. The lowest BCUT2D eigenvalue weighted by atomic mass is 10.2. The fourth-order valence-corrected chi connectivity index (χ4v) is 2.66. The van der Waals surface area contributed by atoms with E-state index in [2.05, 4.69) is 10.3 Å². The maximum absolute atomic E-state index is 12.1. The number of hydrogen-bond donors (Lipinski definition) is 1. The quantitative estimate of drug-likeness (QED) is 0.768. The van der Waals surface area contributed by atoms with Gasteiger partial charge in [0.25, 0.3) is 5.91 Å². The molecule has 0 bridgehead atoms. The Bertz CT molecular complexity index is 754. The van der Waals surface area contributed by atoms with Gasteiger partial charge in [0.2, 0.25) is 0 Å². The summed E-state index contributed by atoms with van der Waals surface area (Å²) in [6.45, 7) is 0. The molecule has 0 radical (unpaired) electrons. The highest BCUT2D eigenvalue weighted by molar-refractivity contribution is 7.16. The maximum atomic E-state index is 12.1. The Morgan fingerprint density at radius 1 is 1.21 bits per heavy atom. The van der Waals surface area contributed by atoms with Crippen LogP contribution in [0.25, 0.3) is 10.2 Å². The fraction of sp³-hybridized carbons (Fsp3) is 0. The average molecular weight is 289 g/mol. The van der Waals surface area contributed by atoms with Crippen molar-refractivity contribution >= 4 is 44.7 Å². The van der Waals surface area contributed by atoms with E-state index in [4.69, 9.17) is 11.6 Å². The molecule has 1 heterocycles. The van der Waals surface area contributed by atoms with Crippen molar-refractivity contribution in [3.63, 3.8) is 0 Å². The number of nitrogens with zero attached hydrogens (tertiary/aromatic N) is 1. The largest absolute Gasteiger partial charge is 0.322 e. The highest BCUT2D eigenvalue weighted by atomic mass is 35.5. The zero-order valence-electron chi connectivity index (χ0n) is 9.76. The molecule has 0 aliphatic carbocycles. The van der Waals surface area contributed by atoms with Crippen molar-refractivity contribution < 1.29 is 4.79 Å². The summed E-state index contributed by atoms with van der Waals surface area (Å²) in [5.41, 5.74) is 3.83. The SMILES string of the molecule is O=C(Nc1ccc2scnc2c1)c1ccccc1Cl. The summed E-state index contributed by atoms with van der Waals surface area (Å²) < 4.78 is 1.09. The molecule has 94 valence electrons. The first kappa shape index (κ1) is 12.1. The zero-order chi connectivity index (χ0) is 13.2. The molecule has 2 aromatic carbocycles. The van der Waals surface area contributed by atoms with Crippen molar-refractivity contribution in [3.8, 4) is 0 Å². The summed E-state index contributed by atoms with van der Waals surface area (Å²) in [6.07, 6.45) is 0. The van der Waals surface area contributed by atoms with E-state index in [1.54, 1.807) is 41.1 Å². The van der Waals surface area contributed by atoms with E-state index in [1.807, 2.05) is 18.2 Å². The van der Waals surface area contributed by atoms with Crippen LogP contribution in [-0.2, 0) is 0 Å². The second kappa shape index (κ2) is 4.99. The second-order valence-electron chi connectivity index (χ2n) is 3.97. The van der Waals surface area contributed by atoms with Crippen molar-refractivity contribution in [2.24, 2.45) is 0 Å². The number of hydrogen-bond acceptors (Lipinski definition) is 3. The molecule has 0 spiro atoms. The van der Waals surface area contributed by atoms with Gasteiger partial charge in [-0.15, -0.1) is 11.3 Å². The van der Waals surface area contributed by atoms with Crippen LogP contribution in [0.3, 0.4) is 0 Å². The lowest BCUT2D eigenvalue weighted by Gasteiger charge is -2.06. The third-order valence-corrected chi connectivity index (χ3v) is 3.85. The number of thiazole rings is 1. The molecule has 0 aliphatic heterocycles. The van der Waals surface area contributed by atoms with Gasteiger partial charge in [-0.25, -0.2) is 4.98 Å². The van der Waals surface area contributed by atoms with Crippen molar-refractivity contribution in [1.29, 1.82) is 0 Å². The van der Waals surface area contributed by atoms with Gasteiger partial charge in [-0.2, -0.15) is 0 Å². The third-order valence-electron chi connectivity index (χ3n) is 2.71. The predicted octanol–water partition coefficient (Wildman–Crippen LogP) is 4.20. The van der Waals surface area contributed by atoms with Gasteiger partial charge >= 0.3 is 0 Å². The number of carbonyl (C=O) groups excluding carboxylic acids is 1. The summed E-state index contributed by atoms with van der Waals surface area (Å²) in [4.78, 5) is 16.3. The number of fused-ring (bicyclic) bond motifs is 1. The lowest BCUT2D eigenvalue weighted by Crippen LogP contribution is -2.12. The monoisotopic (exact) mass is 288 g/mol. The lowest BCUT2D eigenvalue weighted by molar-refractivity contribution is 0.102. The first-order valence-electron chi connectivity index (χ1n) is 5.63. The minimum absolute atomic E-state index is 0.222. The summed E-state index contributed by atoms with van der Waals surface area (Å²) in [5.74, 6) is -0.222. The van der Waals surface area contributed by atoms with Crippen molar-refractivity contribution in [2.75, 3.05) is 5.32 Å². The van der Waals surface area contributed by atoms with Crippen LogP contribution in [0.4, 0.5) is 5.69 Å². The van der Waals surface area contributed by atoms with Gasteiger partial charge < -0.3 is 5.32 Å². The molecule has 0 saturated heterocycles. The highest BCUT2D eigenvalue weighted by Gasteiger charge is 2.10. The van der Waals surface area contributed by atoms with Crippen LogP contribution >= 0.6 is 22.9 Å². The van der Waals surface area contributed by atoms with E-state index in [0.717, 1.165) is 10.2 Å². The zero-order valence-corrected chi connectivity index (χ0v) is 11.3. The Balaban J connectivity index is 1.88. The molecule has 0 aliphatic rings. The van der Waals surface area contributed by atoms with Crippen LogP contribution in [-0.4, -0.2) is 10.9 Å². The van der Waals surface area contributed by atoms with Crippen LogP contribution in [0.1, 0.15) is 10.4 Å². The molecule has 1 amide bonds. The number of halogens is 1. The molecule has 0 saturated carbocycles. The highest BCUT2D eigenvalue weighted by Crippen LogP contribution is 2.22. The van der Waals surface area contributed by atoms with Gasteiger partial charge in [0.1, 0.15) is 0 Å². The Morgan fingerprint density at radius 3 is 2.89 bits per heavy atom. The molecule has 3 rings (SSSR count). The van der Waals surface area contributed by atoms with Crippen LogP contribution in [0.15, 0.2) is 48.0 Å². The Labute approximate surface area is 118 Å². The Morgan fingerprint density at radius 2 is 2.05 bits per heavy atom. The van der Waals surface area contributed by atoms with Crippen LogP contribution in [0.5, 0.6) is 0 Å². The first-order chi connectivity index (χ1) is 9.24. The van der Waals surface area contributed by atoms with Crippen molar-refractivity contribution in [3.05, 3.63) is 58.6 Å². The van der Waals surface area contributed by atoms with E-state index in [1.165, 1.54) is 0 Å². The first-order valence-corrected chi connectivity index (χ1v) is 6.89. The molecule has 1 aromatic heterocycles. The summed E-state index contributed by atoms with van der Waals surface area (Å²) in [7, 11) is 0. The molecule has 0 fully saturated rings.